The molecule has 1 heterocycles. The van der Waals surface area contributed by atoms with E-state index in [1.807, 2.05) is 19.1 Å². The van der Waals surface area contributed by atoms with Crippen molar-refractivity contribution in [1.82, 2.24) is 0 Å². The SMILES string of the molecule is COc1ccc(-c2c(NC(=O)C3CCCCC3)oc3c(C)cccc3c2=O)cc1OC. The largest absolute Gasteiger partial charge is 0.493 e. The Labute approximate surface area is 181 Å². The quantitative estimate of drug-likeness (QED) is 0.604. The van der Waals surface area contributed by atoms with Crippen molar-refractivity contribution in [2.24, 2.45) is 5.92 Å². The first-order chi connectivity index (χ1) is 15.0. The molecule has 1 aliphatic rings. The van der Waals surface area contributed by atoms with Crippen LogP contribution in [0.2, 0.25) is 0 Å². The topological polar surface area (TPSA) is 77.8 Å². The second kappa shape index (κ2) is 8.84. The van der Waals surface area contributed by atoms with Gasteiger partial charge in [-0.2, -0.15) is 0 Å². The van der Waals surface area contributed by atoms with Crippen LogP contribution in [0, 0.1) is 12.8 Å². The van der Waals surface area contributed by atoms with Crippen molar-refractivity contribution in [2.75, 3.05) is 19.5 Å². The van der Waals surface area contributed by atoms with E-state index >= 15 is 0 Å². The Bertz CT molecular complexity index is 1170. The summed E-state index contributed by atoms with van der Waals surface area (Å²) in [6.45, 7) is 1.88. The molecule has 3 aromatic rings. The lowest BCUT2D eigenvalue weighted by Crippen LogP contribution is -2.26. The van der Waals surface area contributed by atoms with Gasteiger partial charge in [0.1, 0.15) is 5.58 Å². The van der Waals surface area contributed by atoms with Crippen LogP contribution in [0.25, 0.3) is 22.1 Å². The van der Waals surface area contributed by atoms with Crippen LogP contribution in [0.1, 0.15) is 37.7 Å². The summed E-state index contributed by atoms with van der Waals surface area (Å²) in [6, 6.07) is 10.7. The van der Waals surface area contributed by atoms with Crippen molar-refractivity contribution in [1.29, 1.82) is 0 Å². The average Bonchev–Trinajstić information content (AvgIpc) is 2.80. The van der Waals surface area contributed by atoms with Gasteiger partial charge < -0.3 is 13.9 Å². The minimum atomic E-state index is -0.198. The molecule has 1 saturated carbocycles. The van der Waals surface area contributed by atoms with Gasteiger partial charge in [-0.25, -0.2) is 0 Å². The van der Waals surface area contributed by atoms with Crippen LogP contribution < -0.4 is 20.2 Å². The normalized spacial score (nSPS) is 14.4. The van der Waals surface area contributed by atoms with Crippen molar-refractivity contribution in [3.63, 3.8) is 0 Å². The van der Waals surface area contributed by atoms with E-state index in [4.69, 9.17) is 13.9 Å². The predicted octanol–water partition coefficient (Wildman–Crippen LogP) is 5.30. The second-order valence-electron chi connectivity index (χ2n) is 7.98. The van der Waals surface area contributed by atoms with Crippen molar-refractivity contribution in [3.05, 3.63) is 52.2 Å². The smallest absolute Gasteiger partial charge is 0.229 e. The number of carbonyl (C=O) groups is 1. The number of amides is 1. The summed E-state index contributed by atoms with van der Waals surface area (Å²) in [5.74, 6) is 1.06. The molecule has 4 rings (SSSR count). The van der Waals surface area contributed by atoms with Crippen LogP contribution in [-0.4, -0.2) is 20.1 Å². The van der Waals surface area contributed by atoms with Gasteiger partial charge in [0.25, 0.3) is 0 Å². The minimum Gasteiger partial charge on any atom is -0.493 e. The zero-order valence-corrected chi connectivity index (χ0v) is 18.1. The molecule has 0 bridgehead atoms. The first-order valence-electron chi connectivity index (χ1n) is 10.6. The summed E-state index contributed by atoms with van der Waals surface area (Å²) in [5, 5.41) is 3.40. The van der Waals surface area contributed by atoms with Gasteiger partial charge in [-0.3, -0.25) is 14.9 Å². The maximum absolute atomic E-state index is 13.5. The van der Waals surface area contributed by atoms with Crippen LogP contribution in [0.4, 0.5) is 5.88 Å². The molecule has 0 unspecified atom stereocenters. The van der Waals surface area contributed by atoms with Gasteiger partial charge in [-0.05, 0) is 49.1 Å². The van der Waals surface area contributed by atoms with E-state index in [1.165, 1.54) is 0 Å². The lowest BCUT2D eigenvalue weighted by molar-refractivity contribution is -0.120. The van der Waals surface area contributed by atoms with E-state index in [1.54, 1.807) is 38.5 Å². The molecule has 31 heavy (non-hydrogen) atoms. The van der Waals surface area contributed by atoms with Crippen molar-refractivity contribution < 1.29 is 18.7 Å². The van der Waals surface area contributed by atoms with Gasteiger partial charge in [0.05, 0.1) is 25.2 Å². The summed E-state index contributed by atoms with van der Waals surface area (Å²) < 4.78 is 16.9. The van der Waals surface area contributed by atoms with Gasteiger partial charge in [-0.1, -0.05) is 37.5 Å². The Morgan fingerprint density at radius 2 is 1.77 bits per heavy atom. The number of anilines is 1. The number of para-hydroxylation sites is 1. The van der Waals surface area contributed by atoms with Gasteiger partial charge in [0.2, 0.25) is 17.2 Å². The predicted molar refractivity (Wildman–Crippen MR) is 121 cm³/mol. The van der Waals surface area contributed by atoms with E-state index in [0.717, 1.165) is 37.7 Å². The fourth-order valence-electron chi connectivity index (χ4n) is 4.28. The third kappa shape index (κ3) is 4.02. The number of rotatable bonds is 5. The fourth-order valence-corrected chi connectivity index (χ4v) is 4.28. The number of fused-ring (bicyclic) bond motifs is 1. The lowest BCUT2D eigenvalue weighted by atomic mass is 9.88. The molecule has 0 atom stereocenters. The fraction of sp³-hybridized carbons (Fsp3) is 0.360. The molecule has 0 radical (unpaired) electrons. The monoisotopic (exact) mass is 421 g/mol. The number of hydrogen-bond acceptors (Lipinski definition) is 5. The molecule has 1 aliphatic carbocycles. The molecule has 2 aromatic carbocycles. The number of hydrogen-bond donors (Lipinski definition) is 1. The van der Waals surface area contributed by atoms with Gasteiger partial charge >= 0.3 is 0 Å². The van der Waals surface area contributed by atoms with Crippen molar-refractivity contribution in [2.45, 2.75) is 39.0 Å². The summed E-state index contributed by atoms with van der Waals surface area (Å²) in [4.78, 5) is 26.5. The summed E-state index contributed by atoms with van der Waals surface area (Å²) in [5.41, 5.74) is 2.02. The number of methoxy groups -OCH3 is 2. The Kier molecular flexibility index (Phi) is 5.98. The maximum Gasteiger partial charge on any atom is 0.229 e. The van der Waals surface area contributed by atoms with E-state index in [-0.39, 0.29) is 23.1 Å². The lowest BCUT2D eigenvalue weighted by Gasteiger charge is -2.21. The van der Waals surface area contributed by atoms with Gasteiger partial charge in [-0.15, -0.1) is 0 Å². The highest BCUT2D eigenvalue weighted by molar-refractivity contribution is 5.97. The molecular weight excluding hydrogens is 394 g/mol. The molecule has 162 valence electrons. The van der Waals surface area contributed by atoms with Crippen LogP contribution in [0.5, 0.6) is 11.5 Å². The van der Waals surface area contributed by atoms with E-state index in [2.05, 4.69) is 5.32 Å². The van der Waals surface area contributed by atoms with E-state index in [9.17, 15) is 9.59 Å². The van der Waals surface area contributed by atoms with Crippen LogP contribution >= 0.6 is 0 Å². The summed E-state index contributed by atoms with van der Waals surface area (Å²) in [7, 11) is 3.10. The molecule has 6 heteroatoms. The maximum atomic E-state index is 13.5. The zero-order chi connectivity index (χ0) is 22.0. The third-order valence-corrected chi connectivity index (χ3v) is 6.00. The van der Waals surface area contributed by atoms with E-state index in [0.29, 0.717) is 33.6 Å². The summed E-state index contributed by atoms with van der Waals surface area (Å²) >= 11 is 0. The molecule has 1 amide bonds. The molecular formula is C25H27NO5. The number of ether oxygens (including phenoxy) is 2. The molecule has 0 aliphatic heterocycles. The highest BCUT2D eigenvalue weighted by Crippen LogP contribution is 2.36. The Morgan fingerprint density at radius 3 is 2.48 bits per heavy atom. The second-order valence-corrected chi connectivity index (χ2v) is 7.98. The number of benzene rings is 2. The molecule has 1 N–H and O–H groups in total. The first-order valence-corrected chi connectivity index (χ1v) is 10.6. The Morgan fingerprint density at radius 1 is 1.03 bits per heavy atom. The van der Waals surface area contributed by atoms with E-state index < -0.39 is 0 Å². The Balaban J connectivity index is 1.88. The zero-order valence-electron chi connectivity index (χ0n) is 18.1. The summed E-state index contributed by atoms with van der Waals surface area (Å²) in [6.07, 6.45) is 4.95. The van der Waals surface area contributed by atoms with Crippen molar-refractivity contribution >= 4 is 22.8 Å². The minimum absolute atomic E-state index is 0.0649. The highest BCUT2D eigenvalue weighted by Gasteiger charge is 2.25. The number of nitrogens with one attached hydrogen (secondary N) is 1. The molecule has 0 spiro atoms. The van der Waals surface area contributed by atoms with Crippen LogP contribution in [0.15, 0.2) is 45.6 Å². The van der Waals surface area contributed by atoms with Crippen LogP contribution in [-0.2, 0) is 4.79 Å². The third-order valence-electron chi connectivity index (χ3n) is 6.00. The number of carbonyl (C=O) groups excluding carboxylic acids is 1. The molecule has 6 nitrogen and oxygen atoms in total. The van der Waals surface area contributed by atoms with Crippen LogP contribution in [0.3, 0.4) is 0 Å². The van der Waals surface area contributed by atoms with Crippen molar-refractivity contribution in [3.8, 4) is 22.6 Å². The highest BCUT2D eigenvalue weighted by atomic mass is 16.5. The standard InChI is InChI=1S/C25H27NO5/c1-15-8-7-11-18-22(27)21(17-12-13-19(29-2)20(14-17)30-3)25(31-23(15)18)26-24(28)16-9-5-4-6-10-16/h7-8,11-14,16H,4-6,9-10H2,1-3H3,(H,26,28). The molecule has 1 fully saturated rings. The molecule has 1 aromatic heterocycles. The molecule has 0 saturated heterocycles. The average molecular weight is 421 g/mol. The number of aryl methyl sites for hydroxylation is 1. The van der Waals surface area contributed by atoms with Gasteiger partial charge in [0.15, 0.2) is 11.5 Å². The van der Waals surface area contributed by atoms with Gasteiger partial charge in [0, 0.05) is 5.92 Å². The first kappa shape index (κ1) is 21.0. The Hall–Kier alpha value is -3.28.